The van der Waals surface area contributed by atoms with Gasteiger partial charge in [0.1, 0.15) is 5.60 Å². The van der Waals surface area contributed by atoms with Crippen LogP contribution >= 0.6 is 0 Å². The van der Waals surface area contributed by atoms with Crippen LogP contribution in [-0.4, -0.2) is 91.0 Å². The number of rotatable bonds is 10. The smallest absolute Gasteiger partial charge is 0.293 e. The van der Waals surface area contributed by atoms with E-state index >= 15 is 0 Å². The number of aliphatic imine (C=N–C) groups is 1. The lowest BCUT2D eigenvalue weighted by Gasteiger charge is -2.60. The number of nitrogens with zero attached hydrogens (tertiary/aromatic N) is 1. The Morgan fingerprint density at radius 3 is 2.70 bits per heavy atom. The Kier molecular flexibility index (Phi) is 9.44. The molecule has 2 bridgehead atoms. The van der Waals surface area contributed by atoms with Crippen LogP contribution in [0.15, 0.2) is 46.5 Å². The molecular weight excluding hydrogens is 584 g/mol. The molecule has 5 aliphatic rings. The summed E-state index contributed by atoms with van der Waals surface area (Å²) in [5.74, 6) is -0.116. The topological polar surface area (TPSA) is 165 Å². The van der Waals surface area contributed by atoms with Crippen LogP contribution in [0.1, 0.15) is 70.3 Å². The number of piperidine rings is 1. The molecule has 9 atom stereocenters. The van der Waals surface area contributed by atoms with Crippen molar-refractivity contribution in [2.45, 2.75) is 88.4 Å². The molecule has 46 heavy (non-hydrogen) atoms. The van der Waals surface area contributed by atoms with Crippen LogP contribution in [0.25, 0.3) is 0 Å². The first-order valence-corrected chi connectivity index (χ1v) is 17.5. The van der Waals surface area contributed by atoms with E-state index in [-0.39, 0.29) is 54.5 Å². The van der Waals surface area contributed by atoms with Crippen LogP contribution in [0.2, 0.25) is 0 Å². The average molecular weight is 639 g/mol. The molecular formula is C36H54N4O6. The predicted molar refractivity (Wildman–Crippen MR) is 173 cm³/mol. The molecule has 4 fully saturated rings. The largest absolute Gasteiger partial charge is 0.545 e. The number of hydrogen-bond acceptors (Lipinski definition) is 8. The Labute approximate surface area is 273 Å². The minimum Gasteiger partial charge on any atom is -0.545 e. The van der Waals surface area contributed by atoms with Crippen molar-refractivity contribution < 1.29 is 34.9 Å². The van der Waals surface area contributed by atoms with E-state index in [1.165, 1.54) is 0 Å². The fourth-order valence-electron chi connectivity index (χ4n) is 11.1. The van der Waals surface area contributed by atoms with Crippen LogP contribution in [0.5, 0.6) is 0 Å². The third kappa shape index (κ3) is 5.52. The summed E-state index contributed by atoms with van der Waals surface area (Å²) in [6, 6.07) is 9.96. The van der Waals surface area contributed by atoms with Gasteiger partial charge >= 0.3 is 0 Å². The summed E-state index contributed by atoms with van der Waals surface area (Å²) >= 11 is 0. The minimum atomic E-state index is -1.70. The van der Waals surface area contributed by atoms with E-state index in [1.54, 1.807) is 7.05 Å². The van der Waals surface area contributed by atoms with Crippen molar-refractivity contribution in [3.63, 3.8) is 0 Å². The highest BCUT2D eigenvalue weighted by molar-refractivity contribution is 5.90. The Morgan fingerprint density at radius 1 is 1.20 bits per heavy atom. The first-order valence-electron chi connectivity index (χ1n) is 17.5. The lowest BCUT2D eigenvalue weighted by atomic mass is 9.45. The van der Waals surface area contributed by atoms with Gasteiger partial charge in [-0.1, -0.05) is 42.8 Å². The van der Waals surface area contributed by atoms with E-state index in [0.29, 0.717) is 44.7 Å². The third-order valence-electron chi connectivity index (χ3n) is 12.9. The zero-order valence-electron chi connectivity index (χ0n) is 27.6. The van der Waals surface area contributed by atoms with Crippen molar-refractivity contribution in [1.82, 2.24) is 5.32 Å². The number of benzene rings is 1. The van der Waals surface area contributed by atoms with Crippen LogP contribution in [0, 0.1) is 28.6 Å². The van der Waals surface area contributed by atoms with Gasteiger partial charge in [-0.15, -0.1) is 0 Å². The van der Waals surface area contributed by atoms with Gasteiger partial charge in [-0.3, -0.25) is 4.90 Å². The summed E-state index contributed by atoms with van der Waals surface area (Å²) in [5, 5.41) is 50.2. The Morgan fingerprint density at radius 2 is 1.98 bits per heavy atom. The molecule has 6 rings (SSSR count). The predicted octanol–water partition coefficient (Wildman–Crippen LogP) is -0.0455. The quantitative estimate of drug-likeness (QED) is 0.118. The molecule has 1 aromatic rings. The first kappa shape index (κ1) is 33.6. The van der Waals surface area contributed by atoms with Gasteiger partial charge in [0.25, 0.3) is 5.96 Å². The maximum absolute atomic E-state index is 13.1. The fraction of sp³-hybridized carbons (Fsp3) is 0.722. The number of nitrogens with two attached hydrogens (primary N) is 1. The molecule has 10 nitrogen and oxygen atoms in total. The van der Waals surface area contributed by atoms with E-state index in [1.807, 2.05) is 30.3 Å². The highest BCUT2D eigenvalue weighted by atomic mass is 16.5. The molecule has 1 aliphatic heterocycles. The molecule has 4 aliphatic carbocycles. The Hall–Kier alpha value is -2.34. The second kappa shape index (κ2) is 12.9. The van der Waals surface area contributed by atoms with Gasteiger partial charge in [0.2, 0.25) is 0 Å². The highest BCUT2D eigenvalue weighted by Gasteiger charge is 2.75. The van der Waals surface area contributed by atoms with Crippen LogP contribution in [0.4, 0.5) is 0 Å². The van der Waals surface area contributed by atoms with E-state index < -0.39 is 22.6 Å². The maximum atomic E-state index is 13.1. The minimum absolute atomic E-state index is 0.0322. The van der Waals surface area contributed by atoms with Crippen molar-refractivity contribution in [2.75, 3.05) is 46.4 Å². The summed E-state index contributed by atoms with van der Waals surface area (Å²) < 4.78 is 6.46. The van der Waals surface area contributed by atoms with Crippen LogP contribution in [0.3, 0.4) is 0 Å². The van der Waals surface area contributed by atoms with E-state index in [2.05, 4.69) is 17.2 Å². The van der Waals surface area contributed by atoms with Crippen LogP contribution < -0.4 is 21.1 Å². The lowest BCUT2D eigenvalue weighted by Crippen LogP contribution is -3.19. The van der Waals surface area contributed by atoms with Crippen molar-refractivity contribution in [1.29, 1.82) is 0 Å². The number of carboxylic acid groups (broad SMARTS) is 1. The summed E-state index contributed by atoms with van der Waals surface area (Å²) in [6.45, 7) is 4.93. The van der Waals surface area contributed by atoms with Gasteiger partial charge in [-0.2, -0.15) is 0 Å². The Bertz CT molecular complexity index is 1340. The molecule has 7 N–H and O–H groups in total. The number of carboxylic acids is 1. The molecule has 254 valence electrons. The zero-order valence-corrected chi connectivity index (χ0v) is 27.6. The molecule has 1 heterocycles. The zero-order chi connectivity index (χ0) is 32.7. The number of allylic oxidation sites excluding steroid dienone is 1. The number of ether oxygens (including phenoxy) is 1. The molecule has 0 radical (unpaired) electrons. The number of aliphatic hydroxyl groups excluding tert-OH is 1. The Balaban J connectivity index is 1.32. The molecule has 0 amide bonds. The normalized spacial score (nSPS) is 40.8. The molecule has 9 unspecified atom stereocenters. The molecule has 1 saturated heterocycles. The molecule has 0 aromatic heterocycles. The lowest BCUT2D eigenvalue weighted by molar-refractivity contribution is -0.828. The summed E-state index contributed by atoms with van der Waals surface area (Å²) in [4.78, 5) is 18.6. The van der Waals surface area contributed by atoms with Gasteiger partial charge in [0, 0.05) is 49.3 Å². The fourth-order valence-corrected chi connectivity index (χ4v) is 11.1. The van der Waals surface area contributed by atoms with E-state index in [9.17, 15) is 25.2 Å². The second-order valence-corrected chi connectivity index (χ2v) is 15.2. The van der Waals surface area contributed by atoms with Gasteiger partial charge in [-0.25, -0.2) is 4.99 Å². The number of hydrogen-bond donors (Lipinski definition) is 6. The molecule has 2 spiro atoms. The van der Waals surface area contributed by atoms with Gasteiger partial charge in [0.05, 0.1) is 44.0 Å². The highest BCUT2D eigenvalue weighted by Crippen LogP contribution is 2.76. The summed E-state index contributed by atoms with van der Waals surface area (Å²) in [5.41, 5.74) is 4.98. The second-order valence-electron chi connectivity index (χ2n) is 15.2. The monoisotopic (exact) mass is 638 g/mol. The summed E-state index contributed by atoms with van der Waals surface area (Å²) in [6.07, 6.45) is 6.68. The van der Waals surface area contributed by atoms with E-state index in [0.717, 1.165) is 61.2 Å². The van der Waals surface area contributed by atoms with E-state index in [4.69, 9.17) is 10.5 Å². The molecule has 3 saturated carbocycles. The number of aliphatic hydroxyl groups is 3. The number of guanidine groups is 1. The SMILES string of the molecule is CN=C(N)[NH+]1CCC(CNCCO)C2(C1)C1CCC(C)C23CC(O)(COC2CCCC(O)(Cc4ccccc4)C2)C(C(=O)[O-])=C3C1. The number of likely N-dealkylation sites (tertiary alicyclic amines) is 1. The number of quaternary nitrogens is 1. The van der Waals surface area contributed by atoms with Gasteiger partial charge in [-0.05, 0) is 74.8 Å². The van der Waals surface area contributed by atoms with Crippen molar-refractivity contribution in [3.05, 3.63) is 47.0 Å². The number of nitrogens with one attached hydrogen (secondary N) is 2. The van der Waals surface area contributed by atoms with Gasteiger partial charge < -0.3 is 41.0 Å². The molecule has 10 heteroatoms. The third-order valence-corrected chi connectivity index (χ3v) is 12.9. The first-order chi connectivity index (χ1) is 22.0. The number of aliphatic carboxylic acids is 1. The van der Waals surface area contributed by atoms with Crippen molar-refractivity contribution >= 4 is 11.9 Å². The van der Waals surface area contributed by atoms with Gasteiger partial charge in [0.15, 0.2) is 0 Å². The summed E-state index contributed by atoms with van der Waals surface area (Å²) in [7, 11) is 1.72. The number of carbonyl (C=O) groups excluding carboxylic acids is 1. The average Bonchev–Trinajstić information content (AvgIpc) is 3.38. The van der Waals surface area contributed by atoms with Crippen molar-refractivity contribution in [2.24, 2.45) is 39.3 Å². The van der Waals surface area contributed by atoms with Crippen LogP contribution in [-0.2, 0) is 16.0 Å². The standard InChI is InChI=1S/C36H54N4O6/c1-24-10-11-26-17-29-30(31(42)43)34(45,23-46-28-9-6-13-33(44,19-28)18-25-7-4-3-5-8-25)21-35(24,29)36(26)22-40(32(37)38-2)15-12-27(36)20-39-14-16-41/h3-5,7-8,24,26-28,39,41,44-45H,6,9-23H2,1-2H3,(H2,37,38)(H,42,43). The van der Waals surface area contributed by atoms with Crippen molar-refractivity contribution in [3.8, 4) is 0 Å². The number of carbonyl (C=O) groups is 1. The molecule has 1 aromatic carbocycles. The maximum Gasteiger partial charge on any atom is 0.293 e.